The van der Waals surface area contributed by atoms with Crippen LogP contribution in [0.4, 0.5) is 0 Å². The highest BCUT2D eigenvalue weighted by Gasteiger charge is 2.12. The zero-order valence-corrected chi connectivity index (χ0v) is 16.7. The van der Waals surface area contributed by atoms with Crippen molar-refractivity contribution in [1.29, 1.82) is 0 Å². The molecule has 26 heavy (non-hydrogen) atoms. The summed E-state index contributed by atoms with van der Waals surface area (Å²) < 4.78 is 0.971. The minimum Gasteiger partial charge on any atom is -0.349 e. The van der Waals surface area contributed by atoms with Crippen LogP contribution >= 0.6 is 34.7 Å². The van der Waals surface area contributed by atoms with Crippen molar-refractivity contribution in [2.75, 3.05) is 0 Å². The number of hydrogen-bond donors (Lipinski definition) is 1. The number of rotatable bonds is 7. The third-order valence-corrected chi connectivity index (χ3v) is 6.22. The maximum atomic E-state index is 12.3. The Balaban J connectivity index is 1.49. The number of benzene rings is 2. The summed E-state index contributed by atoms with van der Waals surface area (Å²) in [6, 6.07) is 17.7. The number of thioether (sulfide) groups is 1. The summed E-state index contributed by atoms with van der Waals surface area (Å²) in [6.45, 7) is 1.99. The van der Waals surface area contributed by atoms with Crippen molar-refractivity contribution in [3.8, 4) is 0 Å². The molecular formula is C20H19ClN2OS2. The molecule has 0 saturated carbocycles. The predicted molar refractivity (Wildman–Crippen MR) is 110 cm³/mol. The molecule has 0 aliphatic rings. The van der Waals surface area contributed by atoms with Gasteiger partial charge in [0.15, 0.2) is 0 Å². The first kappa shape index (κ1) is 19.0. The zero-order valence-electron chi connectivity index (χ0n) is 14.3. The molecule has 1 aromatic heterocycles. The largest absolute Gasteiger partial charge is 0.349 e. The van der Waals surface area contributed by atoms with Crippen LogP contribution in [0.5, 0.6) is 0 Å². The van der Waals surface area contributed by atoms with Gasteiger partial charge in [0.25, 0.3) is 0 Å². The summed E-state index contributed by atoms with van der Waals surface area (Å²) in [5, 5.41) is 5.72. The molecule has 1 heterocycles. The van der Waals surface area contributed by atoms with E-state index in [-0.39, 0.29) is 11.9 Å². The van der Waals surface area contributed by atoms with E-state index < -0.39 is 0 Å². The van der Waals surface area contributed by atoms with E-state index in [9.17, 15) is 4.79 Å². The topological polar surface area (TPSA) is 42.0 Å². The molecule has 0 spiro atoms. The Morgan fingerprint density at radius 1 is 1.19 bits per heavy atom. The highest BCUT2D eigenvalue weighted by molar-refractivity contribution is 8.00. The monoisotopic (exact) mass is 402 g/mol. The van der Waals surface area contributed by atoms with Gasteiger partial charge in [-0.2, -0.15) is 0 Å². The Kier molecular flexibility index (Phi) is 6.72. The summed E-state index contributed by atoms with van der Waals surface area (Å²) in [5.41, 5.74) is 3.11. The summed E-state index contributed by atoms with van der Waals surface area (Å²) in [7, 11) is 0. The Hall–Kier alpha value is -1.82. The van der Waals surface area contributed by atoms with Crippen molar-refractivity contribution in [2.45, 2.75) is 29.5 Å². The predicted octanol–water partition coefficient (Wildman–Crippen LogP) is 5.51. The van der Waals surface area contributed by atoms with Crippen molar-refractivity contribution >= 4 is 40.6 Å². The standard InChI is InChI=1S/C20H19ClN2OS2/c1-14(16-5-3-2-4-6-16)22-19(24)11-18-13-26-20(23-18)25-12-15-7-9-17(21)10-8-15/h2-10,13-14H,11-12H2,1H3,(H,22,24). The molecule has 1 N–H and O–H groups in total. The molecule has 0 radical (unpaired) electrons. The maximum absolute atomic E-state index is 12.3. The number of nitrogens with one attached hydrogen (secondary N) is 1. The van der Waals surface area contributed by atoms with E-state index in [1.807, 2.05) is 66.9 Å². The molecule has 1 amide bonds. The minimum absolute atomic E-state index is 0.0129. The van der Waals surface area contributed by atoms with E-state index in [2.05, 4.69) is 10.3 Å². The first-order chi connectivity index (χ1) is 12.6. The van der Waals surface area contributed by atoms with Gasteiger partial charge in [-0.1, -0.05) is 65.8 Å². The lowest BCUT2D eigenvalue weighted by Gasteiger charge is -2.13. The fraction of sp³-hybridized carbons (Fsp3) is 0.200. The molecular weight excluding hydrogens is 384 g/mol. The molecule has 0 aliphatic heterocycles. The molecule has 3 nitrogen and oxygen atoms in total. The van der Waals surface area contributed by atoms with Crippen LogP contribution in [0, 0.1) is 0 Å². The lowest BCUT2D eigenvalue weighted by atomic mass is 10.1. The number of hydrogen-bond acceptors (Lipinski definition) is 4. The zero-order chi connectivity index (χ0) is 18.4. The van der Waals surface area contributed by atoms with Crippen molar-refractivity contribution in [3.05, 3.63) is 81.8 Å². The molecule has 134 valence electrons. The quantitative estimate of drug-likeness (QED) is 0.530. The SMILES string of the molecule is CC(NC(=O)Cc1csc(SCc2ccc(Cl)cc2)n1)c1ccccc1. The van der Waals surface area contributed by atoms with E-state index in [4.69, 9.17) is 11.6 Å². The first-order valence-corrected chi connectivity index (χ1v) is 10.5. The molecule has 3 rings (SSSR count). The Bertz CT molecular complexity index is 850. The van der Waals surface area contributed by atoms with Gasteiger partial charge in [-0.15, -0.1) is 11.3 Å². The lowest BCUT2D eigenvalue weighted by molar-refractivity contribution is -0.121. The Morgan fingerprint density at radius 2 is 1.92 bits per heavy atom. The molecule has 0 saturated heterocycles. The fourth-order valence-electron chi connectivity index (χ4n) is 2.44. The van der Waals surface area contributed by atoms with E-state index in [1.54, 1.807) is 23.1 Å². The van der Waals surface area contributed by atoms with Gasteiger partial charge in [0, 0.05) is 16.2 Å². The number of amides is 1. The van der Waals surface area contributed by atoms with Crippen LogP contribution in [0.25, 0.3) is 0 Å². The molecule has 0 fully saturated rings. The molecule has 2 aromatic carbocycles. The number of aromatic nitrogens is 1. The summed E-state index contributed by atoms with van der Waals surface area (Å²) in [4.78, 5) is 16.8. The van der Waals surface area contributed by atoms with E-state index in [0.717, 1.165) is 26.4 Å². The van der Waals surface area contributed by atoms with Crippen LogP contribution in [0.3, 0.4) is 0 Å². The van der Waals surface area contributed by atoms with Crippen LogP contribution in [0.1, 0.15) is 29.8 Å². The van der Waals surface area contributed by atoms with E-state index in [1.165, 1.54) is 5.56 Å². The van der Waals surface area contributed by atoms with Crippen LogP contribution < -0.4 is 5.32 Å². The molecule has 0 aliphatic carbocycles. The van der Waals surface area contributed by atoms with Crippen LogP contribution in [0.2, 0.25) is 5.02 Å². The normalized spacial score (nSPS) is 11.9. The summed E-state index contributed by atoms with van der Waals surface area (Å²) >= 11 is 9.15. The average molecular weight is 403 g/mol. The van der Waals surface area contributed by atoms with Crippen LogP contribution in [-0.4, -0.2) is 10.9 Å². The van der Waals surface area contributed by atoms with Gasteiger partial charge < -0.3 is 5.32 Å². The number of carbonyl (C=O) groups excluding carboxylic acids is 1. The van der Waals surface area contributed by atoms with Crippen molar-refractivity contribution < 1.29 is 4.79 Å². The number of thiazole rings is 1. The first-order valence-electron chi connectivity index (χ1n) is 8.26. The number of carbonyl (C=O) groups is 1. The summed E-state index contributed by atoms with van der Waals surface area (Å²) in [5.74, 6) is 0.822. The van der Waals surface area contributed by atoms with Crippen LogP contribution in [-0.2, 0) is 17.0 Å². The molecule has 6 heteroatoms. The Labute approximate surface area is 166 Å². The third kappa shape index (κ3) is 5.59. The van der Waals surface area contributed by atoms with E-state index in [0.29, 0.717) is 6.42 Å². The van der Waals surface area contributed by atoms with Gasteiger partial charge in [0.2, 0.25) is 5.91 Å². The second-order valence-electron chi connectivity index (χ2n) is 5.90. The fourth-order valence-corrected chi connectivity index (χ4v) is 4.37. The molecule has 1 atom stereocenters. The second-order valence-corrected chi connectivity index (χ2v) is 8.41. The molecule has 0 bridgehead atoms. The van der Waals surface area contributed by atoms with Crippen molar-refractivity contribution in [3.63, 3.8) is 0 Å². The van der Waals surface area contributed by atoms with Gasteiger partial charge in [0.05, 0.1) is 18.2 Å². The number of nitrogens with zero attached hydrogens (tertiary/aromatic N) is 1. The van der Waals surface area contributed by atoms with Gasteiger partial charge in [0.1, 0.15) is 4.34 Å². The van der Waals surface area contributed by atoms with Crippen LogP contribution in [0.15, 0.2) is 64.3 Å². The lowest BCUT2D eigenvalue weighted by Crippen LogP contribution is -2.28. The second kappa shape index (κ2) is 9.21. The van der Waals surface area contributed by atoms with Gasteiger partial charge in [-0.05, 0) is 30.2 Å². The van der Waals surface area contributed by atoms with Gasteiger partial charge in [-0.3, -0.25) is 4.79 Å². The van der Waals surface area contributed by atoms with Gasteiger partial charge >= 0.3 is 0 Å². The van der Waals surface area contributed by atoms with E-state index >= 15 is 0 Å². The van der Waals surface area contributed by atoms with Gasteiger partial charge in [-0.25, -0.2) is 4.98 Å². The Morgan fingerprint density at radius 3 is 2.65 bits per heavy atom. The number of halogens is 1. The average Bonchev–Trinajstić information content (AvgIpc) is 3.09. The van der Waals surface area contributed by atoms with Crippen molar-refractivity contribution in [1.82, 2.24) is 10.3 Å². The third-order valence-electron chi connectivity index (χ3n) is 3.82. The molecule has 1 unspecified atom stereocenters. The smallest absolute Gasteiger partial charge is 0.226 e. The van der Waals surface area contributed by atoms with Crippen molar-refractivity contribution in [2.24, 2.45) is 0 Å². The molecule has 3 aromatic rings. The summed E-state index contributed by atoms with van der Waals surface area (Å²) in [6.07, 6.45) is 0.301. The minimum atomic E-state index is -0.0131. The maximum Gasteiger partial charge on any atom is 0.226 e. The highest BCUT2D eigenvalue weighted by Crippen LogP contribution is 2.27. The highest BCUT2D eigenvalue weighted by atomic mass is 35.5.